The summed E-state index contributed by atoms with van der Waals surface area (Å²) in [6.07, 6.45) is 5.47. The van der Waals surface area contributed by atoms with Crippen LogP contribution in [0, 0.1) is 5.82 Å². The summed E-state index contributed by atoms with van der Waals surface area (Å²) in [7, 11) is 0. The molecule has 1 N–H and O–H groups in total. The molecule has 0 bridgehead atoms. The fourth-order valence-electron chi connectivity index (χ4n) is 3.75. The van der Waals surface area contributed by atoms with Crippen LogP contribution in [0.2, 0.25) is 0 Å². The lowest BCUT2D eigenvalue weighted by atomic mass is 10.0. The molecule has 8 heteroatoms. The second-order valence-electron chi connectivity index (χ2n) is 7.13. The summed E-state index contributed by atoms with van der Waals surface area (Å²) in [4.78, 5) is 20.7. The molecule has 0 spiro atoms. The van der Waals surface area contributed by atoms with Gasteiger partial charge in [0.1, 0.15) is 11.6 Å². The number of aromatic nitrogens is 3. The van der Waals surface area contributed by atoms with Crippen LogP contribution in [0.15, 0.2) is 47.8 Å². The minimum Gasteiger partial charge on any atom is -0.381 e. The van der Waals surface area contributed by atoms with Gasteiger partial charge in [-0.3, -0.25) is 4.79 Å². The number of ether oxygens (including phenoxy) is 1. The first kappa shape index (κ1) is 20.6. The zero-order valence-corrected chi connectivity index (χ0v) is 17.7. The van der Waals surface area contributed by atoms with Crippen LogP contribution >= 0.6 is 11.8 Å². The van der Waals surface area contributed by atoms with Crippen molar-refractivity contribution in [1.82, 2.24) is 14.5 Å². The molecule has 1 amide bonds. The van der Waals surface area contributed by atoms with Crippen molar-refractivity contribution in [3.8, 4) is 22.5 Å². The minimum absolute atomic E-state index is 0.179. The monoisotopic (exact) mass is 426 g/mol. The van der Waals surface area contributed by atoms with Crippen LogP contribution in [-0.4, -0.2) is 39.9 Å². The number of amides is 1. The first-order chi connectivity index (χ1) is 14.6. The zero-order chi connectivity index (χ0) is 21.1. The highest BCUT2D eigenvalue weighted by atomic mass is 32.2. The molecule has 30 heavy (non-hydrogen) atoms. The average molecular weight is 427 g/mol. The molecule has 0 saturated carbocycles. The highest BCUT2D eigenvalue weighted by Gasteiger charge is 2.27. The molecule has 0 atom stereocenters. The summed E-state index contributed by atoms with van der Waals surface area (Å²) in [5.74, 6) is 0.0164. The number of halogens is 1. The van der Waals surface area contributed by atoms with Crippen LogP contribution in [-0.2, 0) is 9.53 Å². The van der Waals surface area contributed by atoms with E-state index in [0.29, 0.717) is 19.0 Å². The molecule has 1 aromatic carbocycles. The van der Waals surface area contributed by atoms with E-state index in [9.17, 15) is 9.18 Å². The predicted octanol–water partition coefficient (Wildman–Crippen LogP) is 4.78. The summed E-state index contributed by atoms with van der Waals surface area (Å²) in [6, 6.07) is 10.4. The number of thioether (sulfide) groups is 1. The van der Waals surface area contributed by atoms with Crippen molar-refractivity contribution in [2.75, 3.05) is 24.8 Å². The number of benzene rings is 1. The van der Waals surface area contributed by atoms with Gasteiger partial charge in [-0.15, -0.1) is 0 Å². The molecule has 3 aromatic rings. The average Bonchev–Trinajstić information content (AvgIpc) is 3.14. The normalized spacial score (nSPS) is 14.6. The zero-order valence-electron chi connectivity index (χ0n) is 16.9. The Hall–Kier alpha value is -2.71. The van der Waals surface area contributed by atoms with E-state index in [1.54, 1.807) is 30.1 Å². The largest absolute Gasteiger partial charge is 0.381 e. The van der Waals surface area contributed by atoms with Crippen molar-refractivity contribution in [3.05, 3.63) is 48.4 Å². The first-order valence-electron chi connectivity index (χ1n) is 9.80. The van der Waals surface area contributed by atoms with Crippen molar-refractivity contribution in [3.63, 3.8) is 0 Å². The van der Waals surface area contributed by atoms with Gasteiger partial charge in [0.2, 0.25) is 5.91 Å². The third kappa shape index (κ3) is 4.24. The molecular weight excluding hydrogens is 403 g/mol. The molecule has 6 nitrogen and oxygen atoms in total. The minimum atomic E-state index is -0.286. The maximum Gasteiger partial charge on any atom is 0.222 e. The van der Waals surface area contributed by atoms with Gasteiger partial charge in [0.25, 0.3) is 0 Å². The van der Waals surface area contributed by atoms with Crippen LogP contribution in [0.1, 0.15) is 25.8 Å². The smallest absolute Gasteiger partial charge is 0.222 e. The quantitative estimate of drug-likeness (QED) is 0.595. The van der Waals surface area contributed by atoms with Crippen LogP contribution < -0.4 is 5.32 Å². The third-order valence-electron chi connectivity index (χ3n) is 5.07. The van der Waals surface area contributed by atoms with E-state index in [4.69, 9.17) is 9.72 Å². The molecule has 156 valence electrons. The lowest BCUT2D eigenvalue weighted by Crippen LogP contribution is -2.21. The molecule has 2 aromatic heterocycles. The summed E-state index contributed by atoms with van der Waals surface area (Å²) in [5, 5.41) is 3.64. The van der Waals surface area contributed by atoms with Gasteiger partial charge >= 0.3 is 0 Å². The van der Waals surface area contributed by atoms with Gasteiger partial charge in [-0.2, -0.15) is 0 Å². The number of hydrogen-bond donors (Lipinski definition) is 1. The number of hydrogen-bond acceptors (Lipinski definition) is 5. The van der Waals surface area contributed by atoms with E-state index < -0.39 is 0 Å². The molecule has 1 fully saturated rings. The Morgan fingerprint density at radius 3 is 2.60 bits per heavy atom. The van der Waals surface area contributed by atoms with Gasteiger partial charge in [0.15, 0.2) is 5.16 Å². The number of rotatable bonds is 5. The summed E-state index contributed by atoms with van der Waals surface area (Å²) in [5.41, 5.74) is 3.45. The number of nitrogens with one attached hydrogen (secondary N) is 1. The van der Waals surface area contributed by atoms with Crippen LogP contribution in [0.5, 0.6) is 0 Å². The summed E-state index contributed by atoms with van der Waals surface area (Å²) >= 11 is 1.58. The van der Waals surface area contributed by atoms with Gasteiger partial charge < -0.3 is 14.6 Å². The number of carbonyl (C=O) groups is 1. The van der Waals surface area contributed by atoms with E-state index in [-0.39, 0.29) is 17.8 Å². The molecular formula is C22H23FN4O2S. The van der Waals surface area contributed by atoms with E-state index in [2.05, 4.69) is 14.9 Å². The Morgan fingerprint density at radius 1 is 1.20 bits per heavy atom. The van der Waals surface area contributed by atoms with E-state index in [1.165, 1.54) is 19.1 Å². The lowest BCUT2D eigenvalue weighted by Gasteiger charge is -2.27. The highest BCUT2D eigenvalue weighted by molar-refractivity contribution is 7.98. The Balaban J connectivity index is 1.92. The van der Waals surface area contributed by atoms with Gasteiger partial charge in [-0.25, -0.2) is 14.4 Å². The Bertz CT molecular complexity index is 1050. The van der Waals surface area contributed by atoms with Crippen molar-refractivity contribution < 1.29 is 13.9 Å². The Labute approximate surface area is 178 Å². The number of imidazole rings is 1. The molecule has 3 heterocycles. The van der Waals surface area contributed by atoms with Crippen molar-refractivity contribution in [2.45, 2.75) is 31.0 Å². The maximum atomic E-state index is 13.5. The van der Waals surface area contributed by atoms with E-state index in [1.807, 2.05) is 18.4 Å². The number of nitrogens with zero attached hydrogens (tertiary/aromatic N) is 3. The number of anilines is 1. The summed E-state index contributed by atoms with van der Waals surface area (Å²) in [6.45, 7) is 2.86. The van der Waals surface area contributed by atoms with E-state index in [0.717, 1.165) is 40.5 Å². The molecule has 1 aliphatic heterocycles. The summed E-state index contributed by atoms with van der Waals surface area (Å²) < 4.78 is 21.4. The fourth-order valence-corrected chi connectivity index (χ4v) is 4.37. The third-order valence-corrected chi connectivity index (χ3v) is 5.73. The Kier molecular flexibility index (Phi) is 6.15. The molecule has 0 unspecified atom stereocenters. The van der Waals surface area contributed by atoms with Gasteiger partial charge in [-0.1, -0.05) is 11.8 Å². The van der Waals surface area contributed by atoms with Gasteiger partial charge in [0, 0.05) is 43.5 Å². The maximum absolute atomic E-state index is 13.5. The van der Waals surface area contributed by atoms with Crippen molar-refractivity contribution in [2.24, 2.45) is 0 Å². The molecule has 1 aliphatic rings. The van der Waals surface area contributed by atoms with Crippen LogP contribution in [0.3, 0.4) is 0 Å². The standard InChI is InChI=1S/C22H23FN4O2S/c1-14(28)25-19-13-16(7-10-24-19)21-20(15-3-5-17(23)6-4-15)26-22(30-2)27(21)18-8-11-29-12-9-18/h3-7,10,13,18H,8-9,11-12H2,1-2H3,(H,24,25,28). The first-order valence-corrected chi connectivity index (χ1v) is 11.0. The molecule has 0 radical (unpaired) electrons. The molecule has 1 saturated heterocycles. The van der Waals surface area contributed by atoms with Crippen LogP contribution in [0.4, 0.5) is 10.2 Å². The second kappa shape index (κ2) is 8.97. The number of carbonyl (C=O) groups excluding carboxylic acids is 1. The fraction of sp³-hybridized carbons (Fsp3) is 0.318. The molecule has 0 aliphatic carbocycles. The lowest BCUT2D eigenvalue weighted by molar-refractivity contribution is -0.114. The topological polar surface area (TPSA) is 69.0 Å². The predicted molar refractivity (Wildman–Crippen MR) is 116 cm³/mol. The Morgan fingerprint density at radius 2 is 1.93 bits per heavy atom. The molecule has 4 rings (SSSR count). The second-order valence-corrected chi connectivity index (χ2v) is 7.90. The van der Waals surface area contributed by atoms with Crippen LogP contribution in [0.25, 0.3) is 22.5 Å². The highest BCUT2D eigenvalue weighted by Crippen LogP contribution is 2.40. The van der Waals surface area contributed by atoms with Gasteiger partial charge in [-0.05, 0) is 55.5 Å². The van der Waals surface area contributed by atoms with Crippen molar-refractivity contribution >= 4 is 23.5 Å². The number of pyridine rings is 1. The SMILES string of the molecule is CSc1nc(-c2ccc(F)cc2)c(-c2ccnc(NC(C)=O)c2)n1C1CCOCC1. The van der Waals surface area contributed by atoms with E-state index >= 15 is 0 Å². The van der Waals surface area contributed by atoms with Gasteiger partial charge in [0.05, 0.1) is 11.4 Å². The van der Waals surface area contributed by atoms with Crippen molar-refractivity contribution in [1.29, 1.82) is 0 Å².